The maximum Gasteiger partial charge on any atom is 0.265 e. The zero-order chi connectivity index (χ0) is 12.2. The number of carbonyl (C=O) groups is 1. The molecule has 0 aliphatic heterocycles. The SMILES string of the molecule is NC1(CC(=O)NCC(O)C(F)F)CCCC1. The average Bonchev–Trinajstić information content (AvgIpc) is 2.60. The van der Waals surface area contributed by atoms with Crippen molar-refractivity contribution in [2.24, 2.45) is 5.73 Å². The van der Waals surface area contributed by atoms with E-state index in [1.54, 1.807) is 0 Å². The van der Waals surface area contributed by atoms with Crippen LogP contribution in [0.2, 0.25) is 0 Å². The Hall–Kier alpha value is -0.750. The average molecular weight is 236 g/mol. The molecule has 94 valence electrons. The first-order chi connectivity index (χ1) is 7.43. The first-order valence-corrected chi connectivity index (χ1v) is 5.45. The predicted octanol–water partition coefficient (Wildman–Crippen LogP) is 0.390. The maximum absolute atomic E-state index is 11.9. The van der Waals surface area contributed by atoms with E-state index in [0.29, 0.717) is 0 Å². The second-order valence-electron chi connectivity index (χ2n) is 4.45. The van der Waals surface area contributed by atoms with Crippen molar-refractivity contribution in [2.45, 2.75) is 50.2 Å². The van der Waals surface area contributed by atoms with Crippen molar-refractivity contribution in [3.63, 3.8) is 0 Å². The van der Waals surface area contributed by atoms with E-state index in [1.165, 1.54) is 0 Å². The first-order valence-electron chi connectivity index (χ1n) is 5.45. The van der Waals surface area contributed by atoms with Gasteiger partial charge < -0.3 is 16.2 Å². The Morgan fingerprint density at radius 2 is 2.00 bits per heavy atom. The standard InChI is InChI=1S/C10H18F2N2O2/c11-9(12)7(15)6-14-8(16)5-10(13)3-1-2-4-10/h7,9,15H,1-6,13H2,(H,14,16). The molecule has 0 aromatic rings. The molecule has 1 amide bonds. The molecule has 16 heavy (non-hydrogen) atoms. The van der Waals surface area contributed by atoms with E-state index in [-0.39, 0.29) is 12.3 Å². The van der Waals surface area contributed by atoms with Gasteiger partial charge in [0.15, 0.2) is 0 Å². The van der Waals surface area contributed by atoms with E-state index in [1.807, 2.05) is 0 Å². The van der Waals surface area contributed by atoms with Gasteiger partial charge in [0.05, 0.1) is 0 Å². The largest absolute Gasteiger partial charge is 0.385 e. The number of nitrogens with one attached hydrogen (secondary N) is 1. The molecule has 6 heteroatoms. The number of aliphatic hydroxyl groups excluding tert-OH is 1. The number of amides is 1. The lowest BCUT2D eigenvalue weighted by molar-refractivity contribution is -0.123. The summed E-state index contributed by atoms with van der Waals surface area (Å²) >= 11 is 0. The van der Waals surface area contributed by atoms with Gasteiger partial charge >= 0.3 is 0 Å². The molecular weight excluding hydrogens is 218 g/mol. The summed E-state index contributed by atoms with van der Waals surface area (Å²) in [4.78, 5) is 11.4. The van der Waals surface area contributed by atoms with Gasteiger partial charge in [-0.2, -0.15) is 0 Å². The fourth-order valence-corrected chi connectivity index (χ4v) is 1.95. The Labute approximate surface area is 93.2 Å². The van der Waals surface area contributed by atoms with Crippen LogP contribution in [0.4, 0.5) is 8.78 Å². The number of aliphatic hydroxyl groups is 1. The summed E-state index contributed by atoms with van der Waals surface area (Å²) in [6.07, 6.45) is -0.911. The lowest BCUT2D eigenvalue weighted by Crippen LogP contribution is -2.44. The number of hydrogen-bond acceptors (Lipinski definition) is 3. The molecular formula is C10H18F2N2O2. The van der Waals surface area contributed by atoms with Crippen LogP contribution in [0.1, 0.15) is 32.1 Å². The van der Waals surface area contributed by atoms with Crippen LogP contribution in [-0.2, 0) is 4.79 Å². The molecule has 0 aromatic heterocycles. The van der Waals surface area contributed by atoms with E-state index < -0.39 is 24.6 Å². The highest BCUT2D eigenvalue weighted by Crippen LogP contribution is 2.29. The Kier molecular flexibility index (Phi) is 4.61. The van der Waals surface area contributed by atoms with Crippen molar-refractivity contribution in [1.29, 1.82) is 0 Å². The Bertz CT molecular complexity index is 243. The summed E-state index contributed by atoms with van der Waals surface area (Å²) in [5, 5.41) is 11.1. The third-order valence-corrected chi connectivity index (χ3v) is 2.91. The predicted molar refractivity (Wildman–Crippen MR) is 55.0 cm³/mol. The third kappa shape index (κ3) is 4.02. The van der Waals surface area contributed by atoms with Gasteiger partial charge in [-0.25, -0.2) is 8.78 Å². The van der Waals surface area contributed by atoms with Gasteiger partial charge in [-0.05, 0) is 12.8 Å². The number of hydrogen-bond donors (Lipinski definition) is 3. The molecule has 4 nitrogen and oxygen atoms in total. The monoisotopic (exact) mass is 236 g/mol. The molecule has 1 atom stereocenters. The van der Waals surface area contributed by atoms with Crippen molar-refractivity contribution in [3.8, 4) is 0 Å². The van der Waals surface area contributed by atoms with Crippen molar-refractivity contribution in [2.75, 3.05) is 6.54 Å². The van der Waals surface area contributed by atoms with E-state index in [2.05, 4.69) is 5.32 Å². The highest BCUT2D eigenvalue weighted by molar-refractivity contribution is 5.77. The molecule has 1 saturated carbocycles. The molecule has 4 N–H and O–H groups in total. The zero-order valence-corrected chi connectivity index (χ0v) is 9.09. The van der Waals surface area contributed by atoms with Gasteiger partial charge in [0.2, 0.25) is 5.91 Å². The van der Waals surface area contributed by atoms with Gasteiger partial charge in [0.25, 0.3) is 6.43 Å². The fourth-order valence-electron chi connectivity index (χ4n) is 1.95. The van der Waals surface area contributed by atoms with Gasteiger partial charge in [-0.15, -0.1) is 0 Å². The molecule has 1 unspecified atom stereocenters. The summed E-state index contributed by atoms with van der Waals surface area (Å²) in [5.74, 6) is -0.371. The van der Waals surface area contributed by atoms with Crippen molar-refractivity contribution >= 4 is 5.91 Å². The fraction of sp³-hybridized carbons (Fsp3) is 0.900. The number of carbonyl (C=O) groups excluding carboxylic acids is 1. The van der Waals surface area contributed by atoms with E-state index >= 15 is 0 Å². The Morgan fingerprint density at radius 3 is 2.50 bits per heavy atom. The molecule has 0 radical (unpaired) electrons. The summed E-state index contributed by atoms with van der Waals surface area (Å²) in [5.41, 5.74) is 5.47. The topological polar surface area (TPSA) is 75.4 Å². The highest BCUT2D eigenvalue weighted by Gasteiger charge is 2.31. The van der Waals surface area contributed by atoms with E-state index in [4.69, 9.17) is 10.8 Å². The van der Waals surface area contributed by atoms with Gasteiger partial charge in [0, 0.05) is 18.5 Å². The number of rotatable bonds is 5. The van der Waals surface area contributed by atoms with Gasteiger partial charge in [-0.1, -0.05) is 12.8 Å². The van der Waals surface area contributed by atoms with Crippen LogP contribution in [0.25, 0.3) is 0 Å². The number of nitrogens with two attached hydrogens (primary N) is 1. The molecule has 1 aliphatic rings. The second-order valence-corrected chi connectivity index (χ2v) is 4.45. The summed E-state index contributed by atoms with van der Waals surface area (Å²) in [6, 6.07) is 0. The quantitative estimate of drug-likeness (QED) is 0.646. The first kappa shape index (κ1) is 13.3. The Balaban J connectivity index is 2.25. The summed E-state index contributed by atoms with van der Waals surface area (Å²) in [6.45, 7) is -0.424. The van der Waals surface area contributed by atoms with Crippen LogP contribution in [0.5, 0.6) is 0 Å². The summed E-state index contributed by atoms with van der Waals surface area (Å²) < 4.78 is 23.9. The lowest BCUT2D eigenvalue weighted by Gasteiger charge is -2.22. The molecule has 0 aromatic carbocycles. The van der Waals surface area contributed by atoms with E-state index in [9.17, 15) is 13.6 Å². The van der Waals surface area contributed by atoms with Crippen molar-refractivity contribution in [1.82, 2.24) is 5.32 Å². The zero-order valence-electron chi connectivity index (χ0n) is 9.09. The van der Waals surface area contributed by atoms with Gasteiger partial charge in [0.1, 0.15) is 6.10 Å². The second kappa shape index (κ2) is 5.54. The molecule has 1 rings (SSSR count). The molecule has 0 saturated heterocycles. The normalized spacial score (nSPS) is 21.1. The molecule has 0 heterocycles. The van der Waals surface area contributed by atoms with Crippen LogP contribution >= 0.6 is 0 Å². The minimum atomic E-state index is -2.83. The molecule has 0 spiro atoms. The van der Waals surface area contributed by atoms with Gasteiger partial charge in [-0.3, -0.25) is 4.79 Å². The summed E-state index contributed by atoms with van der Waals surface area (Å²) in [7, 11) is 0. The van der Waals surface area contributed by atoms with Crippen LogP contribution in [-0.4, -0.2) is 35.6 Å². The van der Waals surface area contributed by atoms with Crippen molar-refractivity contribution in [3.05, 3.63) is 0 Å². The van der Waals surface area contributed by atoms with Crippen LogP contribution in [0.3, 0.4) is 0 Å². The molecule has 1 aliphatic carbocycles. The van der Waals surface area contributed by atoms with E-state index in [0.717, 1.165) is 25.7 Å². The minimum Gasteiger partial charge on any atom is -0.385 e. The van der Waals surface area contributed by atoms with Crippen LogP contribution < -0.4 is 11.1 Å². The minimum absolute atomic E-state index is 0.142. The highest BCUT2D eigenvalue weighted by atomic mass is 19.3. The van der Waals surface area contributed by atoms with Crippen molar-refractivity contribution < 1.29 is 18.7 Å². The molecule has 1 fully saturated rings. The maximum atomic E-state index is 11.9. The Morgan fingerprint density at radius 1 is 1.44 bits per heavy atom. The smallest absolute Gasteiger partial charge is 0.265 e. The lowest BCUT2D eigenvalue weighted by atomic mass is 9.94. The molecule has 0 bridgehead atoms. The number of alkyl halides is 2. The van der Waals surface area contributed by atoms with Crippen LogP contribution in [0.15, 0.2) is 0 Å². The number of halogens is 2. The third-order valence-electron chi connectivity index (χ3n) is 2.91. The van der Waals surface area contributed by atoms with Crippen LogP contribution in [0, 0.1) is 0 Å².